The van der Waals surface area contributed by atoms with E-state index in [0.717, 1.165) is 12.9 Å². The highest BCUT2D eigenvalue weighted by molar-refractivity contribution is 6.32. The first kappa shape index (κ1) is 9.43. The van der Waals surface area contributed by atoms with Crippen LogP contribution in [0.3, 0.4) is 0 Å². The minimum absolute atomic E-state index is 1.10. The van der Waals surface area contributed by atoms with Crippen LogP contribution in [0.25, 0.3) is 0 Å². The summed E-state index contributed by atoms with van der Waals surface area (Å²) in [5, 5.41) is 0. The van der Waals surface area contributed by atoms with E-state index in [4.69, 9.17) is 0 Å². The van der Waals surface area contributed by atoms with Crippen LogP contribution in [0.15, 0.2) is 23.9 Å². The molecule has 0 aromatic rings. The fraction of sp³-hybridized carbons (Fsp3) is 0.600. The van der Waals surface area contributed by atoms with Gasteiger partial charge in [0.1, 0.15) is 0 Å². The molecule has 0 N–H and O–H groups in total. The molecule has 1 rings (SSSR count). The van der Waals surface area contributed by atoms with Crippen LogP contribution in [-0.2, 0) is 0 Å². The van der Waals surface area contributed by atoms with E-state index in [1.807, 2.05) is 0 Å². The molecule has 0 aromatic carbocycles. The smallest absolute Gasteiger partial charge is 0.245 e. The van der Waals surface area contributed by atoms with Crippen LogP contribution in [-0.4, -0.2) is 18.8 Å². The lowest BCUT2D eigenvalue weighted by Gasteiger charge is -2.23. The van der Waals surface area contributed by atoms with Gasteiger partial charge in [0.2, 0.25) is 7.41 Å². The van der Waals surface area contributed by atoms with Crippen molar-refractivity contribution in [2.75, 3.05) is 6.54 Å². The van der Waals surface area contributed by atoms with Gasteiger partial charge in [0.25, 0.3) is 0 Å². The highest BCUT2D eigenvalue weighted by Gasteiger charge is 2.05. The highest BCUT2D eigenvalue weighted by Crippen LogP contribution is 2.11. The van der Waals surface area contributed by atoms with E-state index in [1.165, 1.54) is 12.8 Å². The summed E-state index contributed by atoms with van der Waals surface area (Å²) in [6.45, 7) is 5.50. The van der Waals surface area contributed by atoms with E-state index >= 15 is 0 Å². The summed E-state index contributed by atoms with van der Waals surface area (Å²) in [5.74, 6) is 0. The standard InChI is InChI=1S/C10H17BN/c1-3-6-10-7-5-8-12(9-10)11-4-2/h5,7-8H,3-4,6,9H2,1-2H3. The van der Waals surface area contributed by atoms with Gasteiger partial charge >= 0.3 is 0 Å². The minimum Gasteiger partial charge on any atom is -0.421 e. The Labute approximate surface area is 76.4 Å². The molecule has 0 unspecified atom stereocenters. The quantitative estimate of drug-likeness (QED) is 0.574. The van der Waals surface area contributed by atoms with Gasteiger partial charge in [-0.2, -0.15) is 0 Å². The number of hydrogen-bond donors (Lipinski definition) is 0. The molecule has 0 saturated carbocycles. The largest absolute Gasteiger partial charge is 0.421 e. The van der Waals surface area contributed by atoms with E-state index in [9.17, 15) is 0 Å². The fourth-order valence-corrected chi connectivity index (χ4v) is 1.47. The first-order valence-electron chi connectivity index (χ1n) is 4.82. The van der Waals surface area contributed by atoms with Crippen LogP contribution in [0.5, 0.6) is 0 Å². The van der Waals surface area contributed by atoms with Crippen molar-refractivity contribution in [3.8, 4) is 0 Å². The molecule has 0 bridgehead atoms. The Morgan fingerprint density at radius 3 is 3.00 bits per heavy atom. The fourth-order valence-electron chi connectivity index (χ4n) is 1.47. The summed E-state index contributed by atoms with van der Waals surface area (Å²) in [7, 11) is 2.24. The molecule has 0 saturated heterocycles. The van der Waals surface area contributed by atoms with Crippen LogP contribution in [0.4, 0.5) is 0 Å². The van der Waals surface area contributed by atoms with Crippen LogP contribution >= 0.6 is 0 Å². The Morgan fingerprint density at radius 2 is 2.33 bits per heavy atom. The molecular weight excluding hydrogens is 145 g/mol. The first-order valence-corrected chi connectivity index (χ1v) is 4.82. The van der Waals surface area contributed by atoms with E-state index in [0.29, 0.717) is 0 Å². The van der Waals surface area contributed by atoms with Gasteiger partial charge in [0.05, 0.1) is 0 Å². The molecule has 1 aliphatic rings. The SMILES string of the molecule is CC[B]N1C=CC=C(CCC)C1. The summed E-state index contributed by atoms with van der Waals surface area (Å²) in [5.41, 5.74) is 1.55. The monoisotopic (exact) mass is 162 g/mol. The van der Waals surface area contributed by atoms with Crippen molar-refractivity contribution in [1.82, 2.24) is 4.81 Å². The predicted octanol–water partition coefficient (Wildman–Crippen LogP) is 2.60. The number of rotatable bonds is 4. The zero-order valence-electron chi connectivity index (χ0n) is 8.09. The summed E-state index contributed by atoms with van der Waals surface area (Å²) < 4.78 is 0. The molecule has 12 heavy (non-hydrogen) atoms. The predicted molar refractivity (Wildman–Crippen MR) is 55.1 cm³/mol. The van der Waals surface area contributed by atoms with Crippen molar-refractivity contribution in [2.24, 2.45) is 0 Å². The molecule has 0 spiro atoms. The lowest BCUT2D eigenvalue weighted by molar-refractivity contribution is 0.609. The van der Waals surface area contributed by atoms with Crippen molar-refractivity contribution in [1.29, 1.82) is 0 Å². The molecule has 1 radical (unpaired) electrons. The third-order valence-corrected chi connectivity index (χ3v) is 1.98. The van der Waals surface area contributed by atoms with E-state index in [2.05, 4.69) is 44.4 Å². The average molecular weight is 162 g/mol. The number of hydrogen-bond acceptors (Lipinski definition) is 1. The van der Waals surface area contributed by atoms with Crippen molar-refractivity contribution in [3.63, 3.8) is 0 Å². The van der Waals surface area contributed by atoms with Gasteiger partial charge in [-0.05, 0) is 18.7 Å². The number of nitrogens with zero attached hydrogens (tertiary/aromatic N) is 1. The molecule has 1 nitrogen and oxygen atoms in total. The lowest BCUT2D eigenvalue weighted by Crippen LogP contribution is -2.25. The average Bonchev–Trinajstić information content (AvgIpc) is 2.06. The van der Waals surface area contributed by atoms with Gasteiger partial charge < -0.3 is 4.81 Å². The summed E-state index contributed by atoms with van der Waals surface area (Å²) >= 11 is 0. The molecule has 0 atom stereocenters. The Balaban J connectivity index is 2.38. The van der Waals surface area contributed by atoms with Gasteiger partial charge in [0, 0.05) is 6.54 Å². The third-order valence-electron chi connectivity index (χ3n) is 1.98. The molecule has 0 aliphatic carbocycles. The summed E-state index contributed by atoms with van der Waals surface area (Å²) in [6, 6.07) is 0. The third kappa shape index (κ3) is 2.76. The van der Waals surface area contributed by atoms with Crippen molar-refractivity contribution >= 4 is 7.41 Å². The highest BCUT2D eigenvalue weighted by atomic mass is 15.0. The molecule has 1 aliphatic heterocycles. The topological polar surface area (TPSA) is 3.24 Å². The molecule has 0 aromatic heterocycles. The summed E-state index contributed by atoms with van der Waals surface area (Å²) in [4.78, 5) is 2.27. The normalized spacial score (nSPS) is 16.2. The molecule has 2 heteroatoms. The molecule has 0 amide bonds. The Hall–Kier alpha value is -0.655. The molecular formula is C10H17BN. The Morgan fingerprint density at radius 1 is 1.50 bits per heavy atom. The van der Waals surface area contributed by atoms with Gasteiger partial charge in [-0.15, -0.1) is 0 Å². The van der Waals surface area contributed by atoms with Crippen LogP contribution < -0.4 is 0 Å². The van der Waals surface area contributed by atoms with Crippen LogP contribution in [0.2, 0.25) is 6.32 Å². The maximum Gasteiger partial charge on any atom is 0.245 e. The van der Waals surface area contributed by atoms with Crippen molar-refractivity contribution in [2.45, 2.75) is 33.0 Å². The molecule has 0 fully saturated rings. The van der Waals surface area contributed by atoms with E-state index in [1.54, 1.807) is 5.57 Å². The maximum atomic E-state index is 2.27. The van der Waals surface area contributed by atoms with Crippen LogP contribution in [0, 0.1) is 0 Å². The zero-order valence-corrected chi connectivity index (χ0v) is 8.09. The van der Waals surface area contributed by atoms with Crippen molar-refractivity contribution < 1.29 is 0 Å². The van der Waals surface area contributed by atoms with Gasteiger partial charge in [-0.25, -0.2) is 0 Å². The van der Waals surface area contributed by atoms with Crippen LogP contribution in [0.1, 0.15) is 26.7 Å². The second kappa shape index (κ2) is 5.07. The summed E-state index contributed by atoms with van der Waals surface area (Å²) in [6.07, 6.45) is 10.1. The molecule has 65 valence electrons. The minimum atomic E-state index is 1.10. The number of allylic oxidation sites excluding steroid dienone is 2. The Kier molecular flexibility index (Phi) is 3.99. The van der Waals surface area contributed by atoms with Crippen molar-refractivity contribution in [3.05, 3.63) is 23.9 Å². The van der Waals surface area contributed by atoms with Gasteiger partial charge in [-0.1, -0.05) is 38.2 Å². The lowest BCUT2D eigenvalue weighted by atomic mass is 9.86. The Bertz CT molecular complexity index is 184. The van der Waals surface area contributed by atoms with Gasteiger partial charge in [0.15, 0.2) is 0 Å². The van der Waals surface area contributed by atoms with E-state index < -0.39 is 0 Å². The first-order chi connectivity index (χ1) is 5.86. The molecule has 1 heterocycles. The zero-order chi connectivity index (χ0) is 8.81. The maximum absolute atomic E-state index is 2.27. The second-order valence-corrected chi connectivity index (χ2v) is 3.18. The van der Waals surface area contributed by atoms with E-state index in [-0.39, 0.29) is 0 Å². The second-order valence-electron chi connectivity index (χ2n) is 3.18. The van der Waals surface area contributed by atoms with Gasteiger partial charge in [-0.3, -0.25) is 0 Å².